The van der Waals surface area contributed by atoms with Crippen molar-refractivity contribution < 1.29 is 9.59 Å². The van der Waals surface area contributed by atoms with Crippen LogP contribution >= 0.6 is 23.2 Å². The van der Waals surface area contributed by atoms with E-state index in [1.807, 2.05) is 18.2 Å². The van der Waals surface area contributed by atoms with Crippen molar-refractivity contribution >= 4 is 46.4 Å². The number of halogens is 2. The topological polar surface area (TPSA) is 58.2 Å². The largest absolute Gasteiger partial charge is 0.326 e. The van der Waals surface area contributed by atoms with Crippen LogP contribution in [0.15, 0.2) is 72.8 Å². The number of carbonyl (C=O) groups excluding carboxylic acids is 2. The van der Waals surface area contributed by atoms with Crippen molar-refractivity contribution in [3.63, 3.8) is 0 Å². The van der Waals surface area contributed by atoms with Crippen molar-refractivity contribution in [1.29, 1.82) is 0 Å². The Balaban J connectivity index is 1.60. The van der Waals surface area contributed by atoms with Crippen molar-refractivity contribution in [2.24, 2.45) is 0 Å². The molecule has 0 spiro atoms. The second kappa shape index (κ2) is 9.40. The fraction of sp³-hybridized carbons (Fsp3) is 0.0909. The second-order valence-corrected chi connectivity index (χ2v) is 7.03. The van der Waals surface area contributed by atoms with E-state index in [9.17, 15) is 9.59 Å². The monoisotopic (exact) mass is 412 g/mol. The molecule has 0 saturated carbocycles. The van der Waals surface area contributed by atoms with Crippen LogP contribution in [-0.4, -0.2) is 11.8 Å². The zero-order valence-corrected chi connectivity index (χ0v) is 16.4. The number of benzene rings is 3. The molecule has 3 aromatic carbocycles. The molecule has 0 saturated heterocycles. The summed E-state index contributed by atoms with van der Waals surface area (Å²) in [7, 11) is 0. The Hall–Kier alpha value is -2.82. The Labute approximate surface area is 173 Å². The SMILES string of the molecule is O=C(CCc1ccccc1Cl)Nc1cccc(C(=O)Nc2cccc(Cl)c2)c1. The van der Waals surface area contributed by atoms with Crippen LogP contribution in [0, 0.1) is 0 Å². The minimum absolute atomic E-state index is 0.146. The van der Waals surface area contributed by atoms with Gasteiger partial charge in [-0.2, -0.15) is 0 Å². The third-order valence-electron chi connectivity index (χ3n) is 4.07. The number of aryl methyl sites for hydroxylation is 1. The number of amides is 2. The minimum atomic E-state index is -0.283. The third-order valence-corrected chi connectivity index (χ3v) is 4.67. The number of rotatable bonds is 6. The average Bonchev–Trinajstić information content (AvgIpc) is 2.67. The first kappa shape index (κ1) is 19.9. The van der Waals surface area contributed by atoms with Crippen LogP contribution in [0.3, 0.4) is 0 Å². The Morgan fingerprint density at radius 3 is 2.25 bits per heavy atom. The molecule has 4 nitrogen and oxygen atoms in total. The quantitative estimate of drug-likeness (QED) is 0.535. The molecule has 0 aliphatic heterocycles. The van der Waals surface area contributed by atoms with Crippen LogP contribution in [0.4, 0.5) is 11.4 Å². The van der Waals surface area contributed by atoms with Gasteiger partial charge in [0, 0.05) is 33.4 Å². The summed E-state index contributed by atoms with van der Waals surface area (Å²) in [6.45, 7) is 0. The molecule has 0 unspecified atom stereocenters. The Bertz CT molecular complexity index is 1010. The van der Waals surface area contributed by atoms with E-state index in [0.29, 0.717) is 39.8 Å². The van der Waals surface area contributed by atoms with Gasteiger partial charge in [0.15, 0.2) is 0 Å². The predicted octanol–water partition coefficient (Wildman–Crippen LogP) is 5.82. The van der Waals surface area contributed by atoms with Gasteiger partial charge in [-0.05, 0) is 54.4 Å². The van der Waals surface area contributed by atoms with Gasteiger partial charge >= 0.3 is 0 Å². The smallest absolute Gasteiger partial charge is 0.255 e. The van der Waals surface area contributed by atoms with Crippen LogP contribution in [0.2, 0.25) is 10.0 Å². The van der Waals surface area contributed by atoms with Crippen LogP contribution in [0.5, 0.6) is 0 Å². The predicted molar refractivity (Wildman–Crippen MR) is 114 cm³/mol. The molecular weight excluding hydrogens is 395 g/mol. The lowest BCUT2D eigenvalue weighted by molar-refractivity contribution is -0.116. The van der Waals surface area contributed by atoms with Gasteiger partial charge in [0.2, 0.25) is 5.91 Å². The summed E-state index contributed by atoms with van der Waals surface area (Å²) in [4.78, 5) is 24.7. The summed E-state index contributed by atoms with van der Waals surface area (Å²) in [5.41, 5.74) is 2.52. The lowest BCUT2D eigenvalue weighted by atomic mass is 10.1. The number of carbonyl (C=O) groups is 2. The molecule has 0 heterocycles. The highest BCUT2D eigenvalue weighted by Crippen LogP contribution is 2.19. The van der Waals surface area contributed by atoms with E-state index in [4.69, 9.17) is 23.2 Å². The number of hydrogen-bond donors (Lipinski definition) is 2. The van der Waals surface area contributed by atoms with E-state index in [1.165, 1.54) is 0 Å². The van der Waals surface area contributed by atoms with E-state index in [1.54, 1.807) is 54.6 Å². The molecule has 28 heavy (non-hydrogen) atoms. The molecule has 0 atom stereocenters. The maximum atomic E-state index is 12.4. The third kappa shape index (κ3) is 5.59. The van der Waals surface area contributed by atoms with Crippen molar-refractivity contribution in [1.82, 2.24) is 0 Å². The lowest BCUT2D eigenvalue weighted by Crippen LogP contribution is -2.15. The summed E-state index contributed by atoms with van der Waals surface area (Å²) >= 11 is 12.0. The summed E-state index contributed by atoms with van der Waals surface area (Å²) in [6.07, 6.45) is 0.836. The molecule has 0 bridgehead atoms. The summed E-state index contributed by atoms with van der Waals surface area (Å²) in [5.74, 6) is -0.429. The average molecular weight is 413 g/mol. The van der Waals surface area contributed by atoms with Crippen molar-refractivity contribution in [3.05, 3.63) is 94.0 Å². The molecule has 2 N–H and O–H groups in total. The highest BCUT2D eigenvalue weighted by atomic mass is 35.5. The molecule has 0 aliphatic carbocycles. The molecule has 3 rings (SSSR count). The highest BCUT2D eigenvalue weighted by molar-refractivity contribution is 6.31. The number of anilines is 2. The fourth-order valence-electron chi connectivity index (χ4n) is 2.68. The van der Waals surface area contributed by atoms with Gasteiger partial charge in [-0.25, -0.2) is 0 Å². The first-order valence-corrected chi connectivity index (χ1v) is 9.47. The van der Waals surface area contributed by atoms with Crippen LogP contribution in [0.25, 0.3) is 0 Å². The van der Waals surface area contributed by atoms with Crippen LogP contribution in [-0.2, 0) is 11.2 Å². The maximum Gasteiger partial charge on any atom is 0.255 e. The van der Waals surface area contributed by atoms with Crippen molar-refractivity contribution in [2.75, 3.05) is 10.6 Å². The fourth-order valence-corrected chi connectivity index (χ4v) is 3.10. The van der Waals surface area contributed by atoms with Crippen LogP contribution < -0.4 is 10.6 Å². The number of hydrogen-bond acceptors (Lipinski definition) is 2. The van der Waals surface area contributed by atoms with Gasteiger partial charge in [-0.1, -0.05) is 53.5 Å². The van der Waals surface area contributed by atoms with Gasteiger partial charge in [-0.3, -0.25) is 9.59 Å². The molecule has 0 fully saturated rings. The molecule has 3 aromatic rings. The van der Waals surface area contributed by atoms with Crippen molar-refractivity contribution in [3.8, 4) is 0 Å². The van der Waals surface area contributed by atoms with Gasteiger partial charge in [0.25, 0.3) is 5.91 Å². The van der Waals surface area contributed by atoms with Gasteiger partial charge in [0.1, 0.15) is 0 Å². The second-order valence-electron chi connectivity index (χ2n) is 6.18. The first-order valence-electron chi connectivity index (χ1n) is 8.71. The van der Waals surface area contributed by atoms with E-state index >= 15 is 0 Å². The molecule has 142 valence electrons. The van der Waals surface area contributed by atoms with E-state index in [0.717, 1.165) is 5.56 Å². The first-order chi connectivity index (χ1) is 13.5. The van der Waals surface area contributed by atoms with Gasteiger partial charge < -0.3 is 10.6 Å². The molecule has 2 amide bonds. The number of nitrogens with one attached hydrogen (secondary N) is 2. The van der Waals surface area contributed by atoms with Crippen LogP contribution in [0.1, 0.15) is 22.3 Å². The Kier molecular flexibility index (Phi) is 6.69. The van der Waals surface area contributed by atoms with Gasteiger partial charge in [0.05, 0.1) is 0 Å². The van der Waals surface area contributed by atoms with E-state index < -0.39 is 0 Å². The van der Waals surface area contributed by atoms with E-state index in [-0.39, 0.29) is 11.8 Å². The highest BCUT2D eigenvalue weighted by Gasteiger charge is 2.09. The molecule has 0 radical (unpaired) electrons. The minimum Gasteiger partial charge on any atom is -0.326 e. The Morgan fingerprint density at radius 2 is 1.50 bits per heavy atom. The molecule has 0 aliphatic rings. The summed E-state index contributed by atoms with van der Waals surface area (Å²) < 4.78 is 0. The zero-order chi connectivity index (χ0) is 19.9. The standard InChI is InChI=1S/C22H18Cl2N2O2/c23-17-7-4-9-19(14-17)26-22(28)16-6-3-8-18(13-16)25-21(27)12-11-15-5-1-2-10-20(15)24/h1-10,13-14H,11-12H2,(H,25,27)(H,26,28). The Morgan fingerprint density at radius 1 is 0.786 bits per heavy atom. The lowest BCUT2D eigenvalue weighted by Gasteiger charge is -2.09. The summed E-state index contributed by atoms with van der Waals surface area (Å²) in [5, 5.41) is 6.79. The molecular formula is C22H18Cl2N2O2. The van der Waals surface area contributed by atoms with Gasteiger partial charge in [-0.15, -0.1) is 0 Å². The zero-order valence-electron chi connectivity index (χ0n) is 14.9. The normalized spacial score (nSPS) is 10.4. The summed E-state index contributed by atoms with van der Waals surface area (Å²) in [6, 6.07) is 21.1. The van der Waals surface area contributed by atoms with E-state index in [2.05, 4.69) is 10.6 Å². The molecule has 0 aromatic heterocycles. The molecule has 6 heteroatoms. The van der Waals surface area contributed by atoms with Crippen molar-refractivity contribution in [2.45, 2.75) is 12.8 Å². The maximum absolute atomic E-state index is 12.4.